The summed E-state index contributed by atoms with van der Waals surface area (Å²) in [5, 5.41) is 0. The highest BCUT2D eigenvalue weighted by molar-refractivity contribution is 7.89. The number of amides is 1. The van der Waals surface area contributed by atoms with E-state index in [2.05, 4.69) is 9.88 Å². The molecule has 0 aliphatic carbocycles. The van der Waals surface area contributed by atoms with E-state index >= 15 is 0 Å². The number of hydrogen-bond acceptors (Lipinski definition) is 6. The highest BCUT2D eigenvalue weighted by atomic mass is 32.2. The average molecular weight is 451 g/mol. The second-order valence-corrected chi connectivity index (χ2v) is 11.0. The third kappa shape index (κ3) is 5.04. The van der Waals surface area contributed by atoms with Crippen LogP contribution in [0, 0.1) is 5.92 Å². The van der Waals surface area contributed by atoms with Crippen LogP contribution in [-0.2, 0) is 19.6 Å². The van der Waals surface area contributed by atoms with Gasteiger partial charge in [0.25, 0.3) is 0 Å². The summed E-state index contributed by atoms with van der Waals surface area (Å²) < 4.78 is 32.9. The molecule has 172 valence electrons. The van der Waals surface area contributed by atoms with Crippen molar-refractivity contribution in [3.05, 3.63) is 18.3 Å². The first-order valence-electron chi connectivity index (χ1n) is 11.5. The molecule has 3 aliphatic rings. The molecule has 2 atom stereocenters. The standard InChI is InChI=1S/C22H34N4O4S/c1-17-15-25(16-18(2)30-17)22(27)19-8-12-24(13-9-19)21-7-6-20(14-23-21)31(28,29)26-10-4-3-5-11-26/h6-7,14,17-19H,3-5,8-13,15-16H2,1-2H3. The quantitative estimate of drug-likeness (QED) is 0.699. The molecule has 2 unspecified atom stereocenters. The number of morpholine rings is 1. The fourth-order valence-corrected chi connectivity index (χ4v) is 6.40. The van der Waals surface area contributed by atoms with E-state index in [0.29, 0.717) is 26.2 Å². The predicted molar refractivity (Wildman–Crippen MR) is 118 cm³/mol. The van der Waals surface area contributed by atoms with Crippen molar-refractivity contribution < 1.29 is 17.9 Å². The highest BCUT2D eigenvalue weighted by Crippen LogP contribution is 2.26. The summed E-state index contributed by atoms with van der Waals surface area (Å²) in [6, 6.07) is 3.46. The Hall–Kier alpha value is -1.71. The van der Waals surface area contributed by atoms with Gasteiger partial charge in [0.2, 0.25) is 15.9 Å². The maximum Gasteiger partial charge on any atom is 0.244 e. The largest absolute Gasteiger partial charge is 0.372 e. The summed E-state index contributed by atoms with van der Waals surface area (Å²) in [7, 11) is -3.46. The SMILES string of the molecule is CC1CN(C(=O)C2CCN(c3ccc(S(=O)(=O)N4CCCCC4)cn3)CC2)CC(C)O1. The normalized spacial score (nSPS) is 26.8. The molecule has 0 radical (unpaired) electrons. The zero-order valence-corrected chi connectivity index (χ0v) is 19.4. The van der Waals surface area contributed by atoms with Crippen LogP contribution >= 0.6 is 0 Å². The number of aromatic nitrogens is 1. The molecule has 1 aromatic rings. The number of pyridine rings is 1. The third-order valence-electron chi connectivity index (χ3n) is 6.57. The fraction of sp³-hybridized carbons (Fsp3) is 0.727. The molecule has 4 rings (SSSR count). The van der Waals surface area contributed by atoms with E-state index in [-0.39, 0.29) is 28.9 Å². The average Bonchev–Trinajstić information content (AvgIpc) is 2.79. The summed E-state index contributed by atoms with van der Waals surface area (Å²) in [6.45, 7) is 8.03. The molecule has 0 bridgehead atoms. The number of nitrogens with zero attached hydrogens (tertiary/aromatic N) is 4. The number of piperidine rings is 2. The maximum atomic E-state index is 13.0. The van der Waals surface area contributed by atoms with Crippen molar-refractivity contribution in [3.63, 3.8) is 0 Å². The Morgan fingerprint density at radius 3 is 2.23 bits per heavy atom. The summed E-state index contributed by atoms with van der Waals surface area (Å²) in [5.74, 6) is 1.04. The van der Waals surface area contributed by atoms with Crippen LogP contribution < -0.4 is 4.90 Å². The molecule has 3 saturated heterocycles. The smallest absolute Gasteiger partial charge is 0.244 e. The molecule has 4 heterocycles. The number of sulfonamides is 1. The van der Waals surface area contributed by atoms with Gasteiger partial charge in [-0.05, 0) is 51.7 Å². The van der Waals surface area contributed by atoms with E-state index in [1.165, 1.54) is 6.20 Å². The van der Waals surface area contributed by atoms with Gasteiger partial charge >= 0.3 is 0 Å². The Morgan fingerprint density at radius 2 is 1.65 bits per heavy atom. The topological polar surface area (TPSA) is 83.1 Å². The second kappa shape index (κ2) is 9.42. The van der Waals surface area contributed by atoms with Crippen molar-refractivity contribution in [1.29, 1.82) is 0 Å². The van der Waals surface area contributed by atoms with Crippen molar-refractivity contribution in [1.82, 2.24) is 14.2 Å². The lowest BCUT2D eigenvalue weighted by Crippen LogP contribution is -2.51. The molecule has 8 nitrogen and oxygen atoms in total. The molecule has 31 heavy (non-hydrogen) atoms. The summed E-state index contributed by atoms with van der Waals surface area (Å²) >= 11 is 0. The molecule has 1 amide bonds. The lowest BCUT2D eigenvalue weighted by atomic mass is 9.94. The lowest BCUT2D eigenvalue weighted by molar-refractivity contribution is -0.148. The number of carbonyl (C=O) groups is 1. The van der Waals surface area contributed by atoms with Crippen LogP contribution in [0.2, 0.25) is 0 Å². The Morgan fingerprint density at radius 1 is 1.00 bits per heavy atom. The van der Waals surface area contributed by atoms with Crippen molar-refractivity contribution >= 4 is 21.7 Å². The van der Waals surface area contributed by atoms with Gasteiger partial charge in [0.15, 0.2) is 0 Å². The second-order valence-electron chi connectivity index (χ2n) is 9.08. The molecular weight excluding hydrogens is 416 g/mol. The van der Waals surface area contributed by atoms with Crippen molar-refractivity contribution in [2.45, 2.75) is 63.1 Å². The number of hydrogen-bond donors (Lipinski definition) is 0. The monoisotopic (exact) mass is 450 g/mol. The molecule has 9 heteroatoms. The van der Waals surface area contributed by atoms with E-state index in [9.17, 15) is 13.2 Å². The van der Waals surface area contributed by atoms with Crippen LogP contribution in [0.1, 0.15) is 46.0 Å². The first-order valence-corrected chi connectivity index (χ1v) is 12.9. The van der Waals surface area contributed by atoms with Crippen molar-refractivity contribution in [2.24, 2.45) is 5.92 Å². The van der Waals surface area contributed by atoms with Crippen LogP contribution in [0.3, 0.4) is 0 Å². The Bertz CT molecular complexity index is 852. The summed E-state index contributed by atoms with van der Waals surface area (Å²) in [6.07, 6.45) is 6.14. The van der Waals surface area contributed by atoms with Crippen LogP contribution in [0.25, 0.3) is 0 Å². The number of ether oxygens (including phenoxy) is 1. The van der Waals surface area contributed by atoms with Gasteiger partial charge in [-0.3, -0.25) is 4.79 Å². The number of anilines is 1. The molecule has 3 fully saturated rings. The first-order chi connectivity index (χ1) is 14.8. The zero-order valence-electron chi connectivity index (χ0n) is 18.6. The van der Waals surface area contributed by atoms with Crippen molar-refractivity contribution in [2.75, 3.05) is 44.2 Å². The van der Waals surface area contributed by atoms with E-state index < -0.39 is 10.0 Å². The zero-order chi connectivity index (χ0) is 22.0. The minimum absolute atomic E-state index is 0.0347. The summed E-state index contributed by atoms with van der Waals surface area (Å²) in [4.78, 5) is 21.8. The molecule has 0 saturated carbocycles. The van der Waals surface area contributed by atoms with Gasteiger partial charge in [-0.1, -0.05) is 6.42 Å². The van der Waals surface area contributed by atoms with Gasteiger partial charge in [-0.2, -0.15) is 4.31 Å². The highest BCUT2D eigenvalue weighted by Gasteiger charge is 2.33. The number of rotatable bonds is 4. The van der Waals surface area contributed by atoms with Gasteiger partial charge < -0.3 is 14.5 Å². The molecule has 3 aliphatic heterocycles. The van der Waals surface area contributed by atoms with Crippen LogP contribution in [-0.4, -0.2) is 80.0 Å². The van der Waals surface area contributed by atoms with Crippen LogP contribution in [0.5, 0.6) is 0 Å². The minimum Gasteiger partial charge on any atom is -0.372 e. The van der Waals surface area contributed by atoms with Gasteiger partial charge in [-0.25, -0.2) is 13.4 Å². The molecular formula is C22H34N4O4S. The Kier molecular flexibility index (Phi) is 6.83. The Labute approximate surface area is 185 Å². The minimum atomic E-state index is -3.46. The summed E-state index contributed by atoms with van der Waals surface area (Å²) in [5.41, 5.74) is 0. The molecule has 0 spiro atoms. The third-order valence-corrected chi connectivity index (χ3v) is 8.46. The predicted octanol–water partition coefficient (Wildman–Crippen LogP) is 2.11. The lowest BCUT2D eigenvalue weighted by Gasteiger charge is -2.39. The van der Waals surface area contributed by atoms with E-state index in [4.69, 9.17) is 4.74 Å². The van der Waals surface area contributed by atoms with E-state index in [1.807, 2.05) is 18.7 Å². The van der Waals surface area contributed by atoms with E-state index in [1.54, 1.807) is 16.4 Å². The van der Waals surface area contributed by atoms with Gasteiger partial charge in [0.1, 0.15) is 10.7 Å². The molecule has 0 aromatic carbocycles. The van der Waals surface area contributed by atoms with Crippen LogP contribution in [0.4, 0.5) is 5.82 Å². The van der Waals surface area contributed by atoms with Gasteiger partial charge in [0, 0.05) is 51.4 Å². The van der Waals surface area contributed by atoms with E-state index in [0.717, 1.165) is 51.0 Å². The van der Waals surface area contributed by atoms with Crippen molar-refractivity contribution in [3.8, 4) is 0 Å². The van der Waals surface area contributed by atoms with Gasteiger partial charge in [0.05, 0.1) is 12.2 Å². The first kappa shape index (κ1) is 22.5. The number of carbonyl (C=O) groups excluding carboxylic acids is 1. The molecule has 0 N–H and O–H groups in total. The Balaban J connectivity index is 1.34. The van der Waals surface area contributed by atoms with Crippen LogP contribution in [0.15, 0.2) is 23.2 Å². The maximum absolute atomic E-state index is 13.0. The van der Waals surface area contributed by atoms with Gasteiger partial charge in [-0.15, -0.1) is 0 Å². The fourth-order valence-electron chi connectivity index (χ4n) is 4.94. The molecule has 1 aromatic heterocycles.